The van der Waals surface area contributed by atoms with Crippen molar-refractivity contribution in [2.45, 2.75) is 65.5 Å². The number of hydrogen-bond acceptors (Lipinski definition) is 9. The minimum atomic E-state index is -1.28. The molecule has 44 heavy (non-hydrogen) atoms. The average Bonchev–Trinajstić information content (AvgIpc) is 2.98. The summed E-state index contributed by atoms with van der Waals surface area (Å²) in [5.74, 6) is -0.669. The van der Waals surface area contributed by atoms with Gasteiger partial charge in [0.05, 0.1) is 24.6 Å². The Labute approximate surface area is 258 Å². The molecule has 0 saturated heterocycles. The number of pyridine rings is 1. The van der Waals surface area contributed by atoms with E-state index in [0.29, 0.717) is 32.8 Å². The number of Topliss-reactive ketones (excluding diaryl/α,β-unsaturated/α-hetero) is 1. The highest BCUT2D eigenvalue weighted by Gasteiger charge is 2.29. The lowest BCUT2D eigenvalue weighted by Crippen LogP contribution is -2.53. The molecule has 0 aliphatic carbocycles. The topological polar surface area (TPSA) is 174 Å². The van der Waals surface area contributed by atoms with Gasteiger partial charge < -0.3 is 30.5 Å². The van der Waals surface area contributed by atoms with Crippen molar-refractivity contribution < 1.29 is 33.8 Å². The van der Waals surface area contributed by atoms with Crippen LogP contribution in [0.4, 0.5) is 9.59 Å². The Morgan fingerprint density at radius 2 is 1.73 bits per heavy atom. The second-order valence-electron chi connectivity index (χ2n) is 10.3. The van der Waals surface area contributed by atoms with Crippen molar-refractivity contribution in [2.24, 2.45) is 0 Å². The number of nitrogens with zero attached hydrogens (tertiary/aromatic N) is 3. The fraction of sp³-hybridized carbons (Fsp3) is 0.567. The predicted octanol–water partition coefficient (Wildman–Crippen LogP) is 2.09. The van der Waals surface area contributed by atoms with Crippen molar-refractivity contribution in [3.63, 3.8) is 0 Å². The lowest BCUT2D eigenvalue weighted by atomic mass is 10.0. The molecule has 0 fully saturated rings. The van der Waals surface area contributed by atoms with Gasteiger partial charge in [-0.1, -0.05) is 24.3 Å². The summed E-state index contributed by atoms with van der Waals surface area (Å²) in [5.41, 5.74) is 4.39. The van der Waals surface area contributed by atoms with E-state index in [1.54, 1.807) is 20.2 Å². The maximum atomic E-state index is 13.1. The number of amides is 4. The van der Waals surface area contributed by atoms with Gasteiger partial charge in [0.15, 0.2) is 12.1 Å². The van der Waals surface area contributed by atoms with Crippen LogP contribution in [0, 0.1) is 0 Å². The lowest BCUT2D eigenvalue weighted by Gasteiger charge is -2.37. The summed E-state index contributed by atoms with van der Waals surface area (Å²) >= 11 is 0. The maximum Gasteiger partial charge on any atom is 0.405 e. The molecule has 4 amide bonds. The quantitative estimate of drug-likeness (QED) is 0.109. The van der Waals surface area contributed by atoms with Gasteiger partial charge in [0.1, 0.15) is 0 Å². The van der Waals surface area contributed by atoms with E-state index in [-0.39, 0.29) is 43.7 Å². The number of nitrogens with one attached hydrogen (secondary N) is 4. The molecule has 5 N–H and O–H groups in total. The monoisotopic (exact) mass is 617 g/mol. The number of para-hydroxylation sites is 1. The SMILES string of the molecule is CCNC(=O)NN(C)CC(=O)NC(CCC(=O)CNC(=O)O)CN(Cc1cccc2cccnc12)C(C)C(OCC)OCC. The first-order valence-corrected chi connectivity index (χ1v) is 14.9. The minimum absolute atomic E-state index is 0.0383. The van der Waals surface area contributed by atoms with Crippen LogP contribution in [-0.2, 0) is 25.6 Å². The summed E-state index contributed by atoms with van der Waals surface area (Å²) in [6.07, 6.45) is 0.194. The summed E-state index contributed by atoms with van der Waals surface area (Å²) in [6, 6.07) is 8.63. The van der Waals surface area contributed by atoms with E-state index in [2.05, 4.69) is 31.3 Å². The van der Waals surface area contributed by atoms with Gasteiger partial charge in [-0.3, -0.25) is 24.9 Å². The number of carboxylic acid groups (broad SMARTS) is 1. The van der Waals surface area contributed by atoms with Crippen molar-refractivity contribution in [3.8, 4) is 0 Å². The van der Waals surface area contributed by atoms with Gasteiger partial charge in [-0.25, -0.2) is 14.6 Å². The standard InChI is InChI=1S/C30H47N7O7/c1-6-31-29(40)35-36(5)20-26(39)34-24(14-15-25(38)17-33-30(41)42)19-37(21(4)28(43-7-2)44-8-3)18-23-12-9-11-22-13-10-16-32-27(22)23/h9-13,16,21,24,28,33H,6-8,14-15,17-20H2,1-5H3,(H,34,39)(H,41,42)(H2,31,35,40). The van der Waals surface area contributed by atoms with Crippen LogP contribution in [0.3, 0.4) is 0 Å². The Morgan fingerprint density at radius 3 is 2.39 bits per heavy atom. The number of hydrogen-bond donors (Lipinski definition) is 5. The van der Waals surface area contributed by atoms with Crippen molar-refractivity contribution >= 4 is 34.7 Å². The predicted molar refractivity (Wildman–Crippen MR) is 166 cm³/mol. The Kier molecular flexibility index (Phi) is 16.1. The first kappa shape index (κ1) is 36.3. The molecule has 1 aromatic carbocycles. The summed E-state index contributed by atoms with van der Waals surface area (Å²) in [7, 11) is 1.57. The summed E-state index contributed by atoms with van der Waals surface area (Å²) in [6.45, 7) is 9.18. The first-order chi connectivity index (χ1) is 21.1. The molecule has 0 bridgehead atoms. The summed E-state index contributed by atoms with van der Waals surface area (Å²) < 4.78 is 11.9. The molecule has 244 valence electrons. The number of aromatic nitrogens is 1. The number of carbonyl (C=O) groups is 4. The van der Waals surface area contributed by atoms with Crippen molar-refractivity contribution in [1.82, 2.24) is 36.3 Å². The van der Waals surface area contributed by atoms with Crippen LogP contribution in [0.1, 0.15) is 46.1 Å². The average molecular weight is 618 g/mol. The van der Waals surface area contributed by atoms with E-state index in [0.717, 1.165) is 16.5 Å². The van der Waals surface area contributed by atoms with Crippen LogP contribution >= 0.6 is 0 Å². The van der Waals surface area contributed by atoms with Crippen molar-refractivity contribution in [2.75, 3.05) is 46.4 Å². The molecule has 1 heterocycles. The first-order valence-electron chi connectivity index (χ1n) is 14.9. The molecule has 2 rings (SSSR count). The van der Waals surface area contributed by atoms with Gasteiger partial charge in [-0.15, -0.1) is 0 Å². The third kappa shape index (κ3) is 12.8. The van der Waals surface area contributed by atoms with Gasteiger partial charge in [0, 0.05) is 63.9 Å². The van der Waals surface area contributed by atoms with Gasteiger partial charge in [-0.05, 0) is 45.7 Å². The Morgan fingerprint density at radius 1 is 1.02 bits per heavy atom. The van der Waals surface area contributed by atoms with Crippen LogP contribution in [0.2, 0.25) is 0 Å². The number of rotatable bonds is 20. The zero-order chi connectivity index (χ0) is 32.5. The number of carbonyl (C=O) groups excluding carboxylic acids is 3. The molecule has 0 radical (unpaired) electrons. The van der Waals surface area contributed by atoms with E-state index < -0.39 is 24.5 Å². The second kappa shape index (κ2) is 19.4. The molecule has 2 atom stereocenters. The highest BCUT2D eigenvalue weighted by molar-refractivity contribution is 5.84. The van der Waals surface area contributed by atoms with E-state index in [1.807, 2.05) is 51.1 Å². The van der Waals surface area contributed by atoms with E-state index in [1.165, 1.54) is 5.01 Å². The number of ketones is 1. The minimum Gasteiger partial charge on any atom is -0.465 e. The molecule has 0 aliphatic rings. The molecule has 2 aromatic rings. The highest BCUT2D eigenvalue weighted by Crippen LogP contribution is 2.21. The third-order valence-electron chi connectivity index (χ3n) is 6.76. The molecular formula is C30H47N7O7. The Hall–Kier alpha value is -3.85. The number of ether oxygens (including phenoxy) is 2. The van der Waals surface area contributed by atoms with Gasteiger partial charge in [0.2, 0.25) is 5.91 Å². The smallest absolute Gasteiger partial charge is 0.405 e. The molecule has 0 saturated carbocycles. The van der Waals surface area contributed by atoms with Crippen LogP contribution in [-0.4, -0.2) is 109 Å². The molecule has 2 unspecified atom stereocenters. The maximum absolute atomic E-state index is 13.1. The molecule has 0 spiro atoms. The fourth-order valence-corrected chi connectivity index (χ4v) is 4.71. The van der Waals surface area contributed by atoms with E-state index in [4.69, 9.17) is 14.6 Å². The number of likely N-dealkylation sites (N-methyl/N-ethyl adjacent to an activating group) is 1. The van der Waals surface area contributed by atoms with Crippen LogP contribution in [0.25, 0.3) is 10.9 Å². The zero-order valence-corrected chi connectivity index (χ0v) is 26.3. The van der Waals surface area contributed by atoms with Crippen LogP contribution < -0.4 is 21.4 Å². The molecule has 0 aliphatic heterocycles. The number of hydrazine groups is 1. The van der Waals surface area contributed by atoms with Crippen LogP contribution in [0.15, 0.2) is 36.5 Å². The van der Waals surface area contributed by atoms with Gasteiger partial charge in [-0.2, -0.15) is 0 Å². The molecule has 14 heteroatoms. The second-order valence-corrected chi connectivity index (χ2v) is 10.3. The lowest BCUT2D eigenvalue weighted by molar-refractivity contribution is -0.172. The highest BCUT2D eigenvalue weighted by atomic mass is 16.7. The van der Waals surface area contributed by atoms with E-state index >= 15 is 0 Å². The molecule has 14 nitrogen and oxygen atoms in total. The largest absolute Gasteiger partial charge is 0.465 e. The zero-order valence-electron chi connectivity index (χ0n) is 26.3. The fourth-order valence-electron chi connectivity index (χ4n) is 4.71. The summed E-state index contributed by atoms with van der Waals surface area (Å²) in [5, 5.41) is 18.9. The van der Waals surface area contributed by atoms with Crippen LogP contribution in [0.5, 0.6) is 0 Å². The van der Waals surface area contributed by atoms with Crippen molar-refractivity contribution in [1.29, 1.82) is 0 Å². The van der Waals surface area contributed by atoms with E-state index in [9.17, 15) is 19.2 Å². The third-order valence-corrected chi connectivity index (χ3v) is 6.76. The number of urea groups is 1. The Bertz CT molecular complexity index is 1200. The van der Waals surface area contributed by atoms with Gasteiger partial charge in [0.25, 0.3) is 0 Å². The number of benzene rings is 1. The Balaban J connectivity index is 2.34. The molecular weight excluding hydrogens is 570 g/mol. The molecule has 1 aromatic heterocycles. The van der Waals surface area contributed by atoms with Crippen molar-refractivity contribution in [3.05, 3.63) is 42.1 Å². The van der Waals surface area contributed by atoms with Gasteiger partial charge >= 0.3 is 12.1 Å². The normalized spacial score (nSPS) is 12.7. The number of fused-ring (bicyclic) bond motifs is 1. The summed E-state index contributed by atoms with van der Waals surface area (Å²) in [4.78, 5) is 55.1.